The second-order valence-corrected chi connectivity index (χ2v) is 14.4. The third-order valence-corrected chi connectivity index (χ3v) is 10.7. The van der Waals surface area contributed by atoms with Gasteiger partial charge in [0.15, 0.2) is 0 Å². The molecule has 4 aromatic rings. The molecular formula is C39H47N7O2. The van der Waals surface area contributed by atoms with Crippen molar-refractivity contribution in [1.29, 1.82) is 0 Å². The molecule has 1 aliphatic heterocycles. The summed E-state index contributed by atoms with van der Waals surface area (Å²) >= 11 is 0. The van der Waals surface area contributed by atoms with E-state index in [2.05, 4.69) is 68.3 Å². The number of carbonyl (C=O) groups is 2. The lowest BCUT2D eigenvalue weighted by Crippen LogP contribution is -2.50. The third kappa shape index (κ3) is 6.61. The molecule has 2 aromatic heterocycles. The molecule has 3 aliphatic rings. The van der Waals surface area contributed by atoms with E-state index in [1.807, 2.05) is 62.2 Å². The summed E-state index contributed by atoms with van der Waals surface area (Å²) in [6, 6.07) is 18.5. The lowest BCUT2D eigenvalue weighted by Gasteiger charge is -2.33. The predicted molar refractivity (Wildman–Crippen MR) is 191 cm³/mol. The van der Waals surface area contributed by atoms with Crippen molar-refractivity contribution in [3.8, 4) is 22.4 Å². The number of likely N-dealkylation sites (N-methyl/N-ethyl adjacent to an activating group) is 1. The van der Waals surface area contributed by atoms with Gasteiger partial charge in [-0.25, -0.2) is 4.98 Å². The van der Waals surface area contributed by atoms with Crippen LogP contribution in [0.4, 0.5) is 11.5 Å². The van der Waals surface area contributed by atoms with Gasteiger partial charge in [0.1, 0.15) is 11.9 Å². The predicted octanol–water partition coefficient (Wildman–Crippen LogP) is 5.99. The maximum Gasteiger partial charge on any atom is 0.247 e. The number of benzene rings is 2. The Hall–Kier alpha value is -4.50. The van der Waals surface area contributed by atoms with Gasteiger partial charge in [0.25, 0.3) is 0 Å². The largest absolute Gasteiger partial charge is 0.358 e. The number of hydrogen-bond donors (Lipinski definition) is 3. The van der Waals surface area contributed by atoms with Crippen molar-refractivity contribution in [3.05, 3.63) is 83.7 Å². The van der Waals surface area contributed by atoms with E-state index in [1.165, 1.54) is 18.4 Å². The monoisotopic (exact) mass is 645 g/mol. The summed E-state index contributed by atoms with van der Waals surface area (Å²) in [6.45, 7) is 6.03. The molecule has 0 radical (unpaired) electrons. The summed E-state index contributed by atoms with van der Waals surface area (Å²) in [5.74, 6) is 0.580. The first kappa shape index (κ1) is 32.1. The minimum absolute atomic E-state index is 0.0356. The van der Waals surface area contributed by atoms with Crippen LogP contribution in [0.2, 0.25) is 0 Å². The minimum Gasteiger partial charge on any atom is -0.358 e. The van der Waals surface area contributed by atoms with Crippen molar-refractivity contribution in [2.75, 3.05) is 30.4 Å². The average Bonchev–Trinajstić information content (AvgIpc) is 3.47. The molecule has 1 saturated carbocycles. The van der Waals surface area contributed by atoms with Crippen molar-refractivity contribution < 1.29 is 9.59 Å². The summed E-state index contributed by atoms with van der Waals surface area (Å²) in [6.07, 6.45) is 10.6. The highest BCUT2D eigenvalue weighted by Gasteiger charge is 2.47. The lowest BCUT2D eigenvalue weighted by atomic mass is 9.77. The van der Waals surface area contributed by atoms with Crippen LogP contribution in [0.25, 0.3) is 22.4 Å². The van der Waals surface area contributed by atoms with Crippen molar-refractivity contribution >= 4 is 23.3 Å². The Balaban J connectivity index is 1.16. The molecule has 7 rings (SSSR count). The molecule has 3 N–H and O–H groups in total. The van der Waals surface area contributed by atoms with E-state index in [-0.39, 0.29) is 17.7 Å². The van der Waals surface area contributed by atoms with Gasteiger partial charge in [0, 0.05) is 55.5 Å². The van der Waals surface area contributed by atoms with Crippen LogP contribution in [0.5, 0.6) is 0 Å². The van der Waals surface area contributed by atoms with Gasteiger partial charge < -0.3 is 20.9 Å². The molecule has 2 amide bonds. The van der Waals surface area contributed by atoms with Crippen LogP contribution in [0.3, 0.4) is 0 Å². The zero-order chi connectivity index (χ0) is 33.4. The average molecular weight is 646 g/mol. The number of aryl methyl sites for hydroxylation is 3. The smallest absolute Gasteiger partial charge is 0.247 e. The Morgan fingerprint density at radius 1 is 1.04 bits per heavy atom. The number of aromatic nitrogens is 3. The van der Waals surface area contributed by atoms with Crippen LogP contribution in [-0.2, 0) is 23.1 Å². The summed E-state index contributed by atoms with van der Waals surface area (Å²) < 4.78 is 1.86. The van der Waals surface area contributed by atoms with E-state index >= 15 is 0 Å². The summed E-state index contributed by atoms with van der Waals surface area (Å²) in [5, 5.41) is 14.3. The van der Waals surface area contributed by atoms with E-state index in [9.17, 15) is 9.59 Å². The third-order valence-electron chi connectivity index (χ3n) is 10.7. The molecular weight excluding hydrogens is 598 g/mol. The van der Waals surface area contributed by atoms with Crippen molar-refractivity contribution in [3.63, 3.8) is 0 Å². The molecule has 0 bridgehead atoms. The number of anilines is 2. The SMILES string of the molecule is Cc1cnn(C)c1-c1ccc(NC(=O)[C@@H](NC(=O)C2(C)CC2)[C@@H]2CCCc3ccc(-c4ccnc(N(C)C[C@@H]5CCCN5)c4)cc32)cc1. The zero-order valence-corrected chi connectivity index (χ0v) is 28.6. The van der Waals surface area contributed by atoms with Gasteiger partial charge in [0.05, 0.1) is 11.9 Å². The van der Waals surface area contributed by atoms with E-state index in [0.29, 0.717) is 11.7 Å². The Bertz CT molecular complexity index is 1780. The van der Waals surface area contributed by atoms with Gasteiger partial charge >= 0.3 is 0 Å². The molecule has 3 atom stereocenters. The van der Waals surface area contributed by atoms with Gasteiger partial charge in [-0.2, -0.15) is 5.10 Å². The molecule has 3 heterocycles. The van der Waals surface area contributed by atoms with E-state index in [0.717, 1.165) is 84.5 Å². The van der Waals surface area contributed by atoms with Crippen LogP contribution < -0.4 is 20.9 Å². The second kappa shape index (κ2) is 13.2. The fourth-order valence-electron chi connectivity index (χ4n) is 7.48. The second-order valence-electron chi connectivity index (χ2n) is 14.4. The summed E-state index contributed by atoms with van der Waals surface area (Å²) in [5.41, 5.74) is 8.06. The molecule has 0 unspecified atom stereocenters. The van der Waals surface area contributed by atoms with Crippen LogP contribution >= 0.6 is 0 Å². The fourth-order valence-corrected chi connectivity index (χ4v) is 7.48. The van der Waals surface area contributed by atoms with Crippen LogP contribution in [0.15, 0.2) is 67.0 Å². The van der Waals surface area contributed by atoms with Crippen LogP contribution in [-0.4, -0.2) is 58.8 Å². The molecule has 48 heavy (non-hydrogen) atoms. The van der Waals surface area contributed by atoms with Gasteiger partial charge in [-0.15, -0.1) is 0 Å². The number of fused-ring (bicyclic) bond motifs is 1. The van der Waals surface area contributed by atoms with Crippen molar-refractivity contribution in [2.45, 2.75) is 76.8 Å². The number of rotatable bonds is 10. The molecule has 250 valence electrons. The normalized spacial score (nSPS) is 20.1. The maximum atomic E-state index is 14.2. The number of nitrogens with zero attached hydrogens (tertiary/aromatic N) is 4. The first-order valence-electron chi connectivity index (χ1n) is 17.4. The molecule has 0 spiro atoms. The van der Waals surface area contributed by atoms with E-state index in [1.54, 1.807) is 0 Å². The van der Waals surface area contributed by atoms with Crippen molar-refractivity contribution in [2.24, 2.45) is 12.5 Å². The Morgan fingerprint density at radius 2 is 1.81 bits per heavy atom. The first-order valence-corrected chi connectivity index (χ1v) is 17.4. The van der Waals surface area contributed by atoms with Gasteiger partial charge in [-0.1, -0.05) is 37.3 Å². The highest BCUT2D eigenvalue weighted by Crippen LogP contribution is 2.46. The zero-order valence-electron chi connectivity index (χ0n) is 28.6. The molecule has 2 fully saturated rings. The highest BCUT2D eigenvalue weighted by molar-refractivity contribution is 5.99. The fraction of sp³-hybridized carbons (Fsp3) is 0.436. The Labute approximate surface area is 283 Å². The van der Waals surface area contributed by atoms with E-state index in [4.69, 9.17) is 0 Å². The van der Waals surface area contributed by atoms with Crippen LogP contribution in [0, 0.1) is 12.3 Å². The van der Waals surface area contributed by atoms with Crippen LogP contribution in [0.1, 0.15) is 68.1 Å². The summed E-state index contributed by atoms with van der Waals surface area (Å²) in [7, 11) is 4.04. The number of carbonyl (C=O) groups excluding carboxylic acids is 2. The van der Waals surface area contributed by atoms with Gasteiger partial charge in [-0.3, -0.25) is 14.3 Å². The molecule has 1 saturated heterocycles. The Kier molecular flexibility index (Phi) is 8.81. The molecule has 2 aliphatic carbocycles. The lowest BCUT2D eigenvalue weighted by molar-refractivity contribution is -0.130. The first-order chi connectivity index (χ1) is 23.2. The number of amides is 2. The number of pyridine rings is 1. The molecule has 9 heteroatoms. The van der Waals surface area contributed by atoms with E-state index < -0.39 is 11.5 Å². The minimum atomic E-state index is -0.693. The Morgan fingerprint density at radius 3 is 2.52 bits per heavy atom. The maximum absolute atomic E-state index is 14.2. The van der Waals surface area contributed by atoms with Gasteiger partial charge in [-0.05, 0) is 110 Å². The summed E-state index contributed by atoms with van der Waals surface area (Å²) in [4.78, 5) is 34.6. The number of nitrogens with one attached hydrogen (secondary N) is 3. The molecule has 2 aromatic carbocycles. The quantitative estimate of drug-likeness (QED) is 0.196. The standard InChI is InChI=1S/C39H47N7O2/c1-25-23-42-46(4)36(25)27-12-14-30(15-13-27)43-37(47)35(44-38(48)39(2)17-18-39)32-9-5-7-26-10-11-28(21-33(26)32)29-16-20-41-34(22-29)45(3)24-31-8-6-19-40-31/h10-16,20-23,31-32,35,40H,5-9,17-19,24H2,1-4H3,(H,43,47)(H,44,48)/t31-,32+,35-/m0/s1. The topological polar surface area (TPSA) is 104 Å². The molecule has 9 nitrogen and oxygen atoms in total. The highest BCUT2D eigenvalue weighted by atomic mass is 16.2. The van der Waals surface area contributed by atoms with Gasteiger partial charge in [0.2, 0.25) is 11.8 Å². The van der Waals surface area contributed by atoms with Crippen molar-refractivity contribution in [1.82, 2.24) is 25.4 Å². The number of hydrogen-bond acceptors (Lipinski definition) is 6.